The number of hydrogen-bond donors (Lipinski definition) is 2. The number of carbonyl (C=O) groups is 1. The molecular weight excluding hydrogens is 379 g/mol. The topological polar surface area (TPSA) is 61.0 Å². The quantitative estimate of drug-likeness (QED) is 0.628. The number of nitrogens with zero attached hydrogens (tertiary/aromatic N) is 2. The van der Waals surface area contributed by atoms with Crippen LogP contribution in [0.5, 0.6) is 0 Å². The maximum Gasteiger partial charge on any atom is 0.289 e. The molecule has 5 nitrogen and oxygen atoms in total. The number of fused-ring (bicyclic) bond motifs is 1. The molecule has 0 bridgehead atoms. The van der Waals surface area contributed by atoms with Gasteiger partial charge in [-0.25, -0.2) is 9.37 Å². The first kappa shape index (κ1) is 20.5. The molecule has 0 radical (unpaired) electrons. The number of hydrogen-bond acceptors (Lipinski definition) is 3. The molecule has 6 heteroatoms. The van der Waals surface area contributed by atoms with Gasteiger partial charge in [0.1, 0.15) is 5.82 Å². The Morgan fingerprint density at radius 1 is 1.23 bits per heavy atom. The zero-order valence-electron chi connectivity index (χ0n) is 17.6. The van der Waals surface area contributed by atoms with Gasteiger partial charge in [-0.05, 0) is 57.2 Å². The summed E-state index contributed by atoms with van der Waals surface area (Å²) in [6.45, 7) is 5.56. The van der Waals surface area contributed by atoms with E-state index < -0.39 is 0 Å². The molecule has 0 spiro atoms. The lowest BCUT2D eigenvalue weighted by atomic mass is 9.89. The van der Waals surface area contributed by atoms with Crippen molar-refractivity contribution in [2.75, 3.05) is 6.54 Å². The fourth-order valence-corrected chi connectivity index (χ4v) is 4.38. The number of H-pyrrole nitrogens is 1. The monoisotopic (exact) mass is 408 g/mol. The molecule has 1 fully saturated rings. The SMILES string of the molecule is CCN(C(=O)c1nc2cc(F)ccc2[nH]1)[C@H]1CCC[C@@H](NCc2ccc(C)cc2)C1. The first-order chi connectivity index (χ1) is 14.5. The van der Waals surface area contributed by atoms with Crippen molar-refractivity contribution in [3.8, 4) is 0 Å². The van der Waals surface area contributed by atoms with Crippen molar-refractivity contribution in [2.24, 2.45) is 0 Å². The second-order valence-electron chi connectivity index (χ2n) is 8.22. The number of halogens is 1. The van der Waals surface area contributed by atoms with Crippen LogP contribution in [0.3, 0.4) is 0 Å². The second kappa shape index (κ2) is 8.96. The van der Waals surface area contributed by atoms with E-state index in [0.717, 1.165) is 32.2 Å². The first-order valence-electron chi connectivity index (χ1n) is 10.8. The van der Waals surface area contributed by atoms with Crippen LogP contribution in [0.25, 0.3) is 11.0 Å². The Kier molecular flexibility index (Phi) is 6.13. The lowest BCUT2D eigenvalue weighted by Gasteiger charge is -2.37. The van der Waals surface area contributed by atoms with Gasteiger partial charge in [-0.1, -0.05) is 29.8 Å². The maximum absolute atomic E-state index is 13.5. The molecule has 1 aliphatic carbocycles. The molecule has 0 aliphatic heterocycles. The second-order valence-corrected chi connectivity index (χ2v) is 8.22. The fraction of sp³-hybridized carbons (Fsp3) is 0.417. The number of carbonyl (C=O) groups excluding carboxylic acids is 1. The van der Waals surface area contributed by atoms with Gasteiger partial charge in [0.05, 0.1) is 11.0 Å². The van der Waals surface area contributed by atoms with Crippen LogP contribution >= 0.6 is 0 Å². The Bertz CT molecular complexity index is 1010. The molecule has 2 aromatic carbocycles. The average Bonchev–Trinajstić information content (AvgIpc) is 3.17. The van der Waals surface area contributed by atoms with Crippen LogP contribution in [0.4, 0.5) is 4.39 Å². The molecular formula is C24H29FN4O. The molecule has 1 heterocycles. The molecule has 2 N–H and O–H groups in total. The number of benzene rings is 2. The highest BCUT2D eigenvalue weighted by molar-refractivity contribution is 5.94. The molecule has 30 heavy (non-hydrogen) atoms. The predicted molar refractivity (Wildman–Crippen MR) is 117 cm³/mol. The lowest BCUT2D eigenvalue weighted by molar-refractivity contribution is 0.0617. The molecule has 1 amide bonds. The van der Waals surface area contributed by atoms with Crippen LogP contribution in [0.1, 0.15) is 54.4 Å². The summed E-state index contributed by atoms with van der Waals surface area (Å²) in [5.74, 6) is -0.180. The van der Waals surface area contributed by atoms with Gasteiger partial charge < -0.3 is 15.2 Å². The number of amides is 1. The number of rotatable bonds is 6. The van der Waals surface area contributed by atoms with E-state index in [0.29, 0.717) is 23.6 Å². The van der Waals surface area contributed by atoms with E-state index in [-0.39, 0.29) is 23.6 Å². The minimum atomic E-state index is -0.352. The highest BCUT2D eigenvalue weighted by Crippen LogP contribution is 2.25. The molecule has 1 aliphatic rings. The number of aromatic nitrogens is 2. The zero-order valence-corrected chi connectivity index (χ0v) is 17.6. The van der Waals surface area contributed by atoms with E-state index in [4.69, 9.17) is 0 Å². The van der Waals surface area contributed by atoms with E-state index in [1.165, 1.54) is 23.3 Å². The van der Waals surface area contributed by atoms with Gasteiger partial charge in [0, 0.05) is 31.2 Å². The van der Waals surface area contributed by atoms with Crippen LogP contribution in [-0.2, 0) is 6.54 Å². The summed E-state index contributed by atoms with van der Waals surface area (Å²) in [6.07, 6.45) is 4.14. The van der Waals surface area contributed by atoms with Gasteiger partial charge in [-0.3, -0.25) is 4.79 Å². The summed E-state index contributed by atoms with van der Waals surface area (Å²) in [4.78, 5) is 22.5. The number of imidazole rings is 1. The van der Waals surface area contributed by atoms with Gasteiger partial charge in [0.25, 0.3) is 5.91 Å². The summed E-state index contributed by atoms with van der Waals surface area (Å²) in [5.41, 5.74) is 3.70. The van der Waals surface area contributed by atoms with Crippen molar-refractivity contribution < 1.29 is 9.18 Å². The third-order valence-corrected chi connectivity index (χ3v) is 6.05. The van der Waals surface area contributed by atoms with Crippen LogP contribution in [-0.4, -0.2) is 39.4 Å². The standard InChI is InChI=1S/C24H29FN4O/c1-3-29(24(30)23-27-21-12-11-18(25)13-22(21)28-23)20-6-4-5-19(14-20)26-15-17-9-7-16(2)8-10-17/h7-13,19-20,26H,3-6,14-15H2,1-2H3,(H,27,28)/t19-,20+/m1/s1. The summed E-state index contributed by atoms with van der Waals surface area (Å²) in [5, 5.41) is 3.67. The number of aryl methyl sites for hydroxylation is 1. The molecule has 4 rings (SSSR count). The smallest absolute Gasteiger partial charge is 0.289 e. The van der Waals surface area contributed by atoms with Crippen molar-refractivity contribution in [3.05, 3.63) is 65.2 Å². The fourth-order valence-electron chi connectivity index (χ4n) is 4.38. The molecule has 158 valence electrons. The molecule has 1 aromatic heterocycles. The van der Waals surface area contributed by atoms with Gasteiger partial charge >= 0.3 is 0 Å². The largest absolute Gasteiger partial charge is 0.334 e. The first-order valence-corrected chi connectivity index (χ1v) is 10.8. The van der Waals surface area contributed by atoms with Gasteiger partial charge in [-0.15, -0.1) is 0 Å². The van der Waals surface area contributed by atoms with E-state index >= 15 is 0 Å². The van der Waals surface area contributed by atoms with E-state index in [9.17, 15) is 9.18 Å². The summed E-state index contributed by atoms with van der Waals surface area (Å²) in [6, 6.07) is 13.5. The molecule has 1 saturated carbocycles. The Labute approximate surface area is 176 Å². The Hall–Kier alpha value is -2.73. The van der Waals surface area contributed by atoms with Crippen molar-refractivity contribution in [1.29, 1.82) is 0 Å². The minimum absolute atomic E-state index is 0.113. The summed E-state index contributed by atoms with van der Waals surface area (Å²) >= 11 is 0. The summed E-state index contributed by atoms with van der Waals surface area (Å²) in [7, 11) is 0. The number of aromatic amines is 1. The molecule has 3 aromatic rings. The molecule has 0 unspecified atom stereocenters. The Morgan fingerprint density at radius 3 is 2.80 bits per heavy atom. The highest BCUT2D eigenvalue weighted by Gasteiger charge is 2.30. The van der Waals surface area contributed by atoms with Crippen molar-refractivity contribution in [1.82, 2.24) is 20.2 Å². The normalized spacial score (nSPS) is 19.2. The molecule has 2 atom stereocenters. The minimum Gasteiger partial charge on any atom is -0.334 e. The Morgan fingerprint density at radius 2 is 2.03 bits per heavy atom. The Balaban J connectivity index is 1.42. The van der Waals surface area contributed by atoms with E-state index in [1.807, 2.05) is 11.8 Å². The van der Waals surface area contributed by atoms with Gasteiger partial charge in [-0.2, -0.15) is 0 Å². The predicted octanol–water partition coefficient (Wildman–Crippen LogP) is 4.57. The third-order valence-electron chi connectivity index (χ3n) is 6.05. The van der Waals surface area contributed by atoms with Crippen LogP contribution in [0, 0.1) is 12.7 Å². The van der Waals surface area contributed by atoms with Crippen LogP contribution in [0.2, 0.25) is 0 Å². The van der Waals surface area contributed by atoms with Gasteiger partial charge in [0.15, 0.2) is 5.82 Å². The third kappa shape index (κ3) is 4.54. The average molecular weight is 409 g/mol. The van der Waals surface area contributed by atoms with Crippen LogP contribution < -0.4 is 5.32 Å². The van der Waals surface area contributed by atoms with E-state index in [2.05, 4.69) is 46.5 Å². The van der Waals surface area contributed by atoms with Gasteiger partial charge in [0.2, 0.25) is 0 Å². The van der Waals surface area contributed by atoms with Crippen molar-refractivity contribution in [2.45, 2.75) is 58.2 Å². The molecule has 0 saturated heterocycles. The van der Waals surface area contributed by atoms with Crippen LogP contribution in [0.15, 0.2) is 42.5 Å². The van der Waals surface area contributed by atoms with Crippen molar-refractivity contribution in [3.63, 3.8) is 0 Å². The lowest BCUT2D eigenvalue weighted by Crippen LogP contribution is -2.47. The number of nitrogens with one attached hydrogen (secondary N) is 2. The summed E-state index contributed by atoms with van der Waals surface area (Å²) < 4.78 is 13.5. The zero-order chi connectivity index (χ0) is 21.1. The van der Waals surface area contributed by atoms with Crippen molar-refractivity contribution >= 4 is 16.9 Å². The maximum atomic E-state index is 13.5. The highest BCUT2D eigenvalue weighted by atomic mass is 19.1. The van der Waals surface area contributed by atoms with E-state index in [1.54, 1.807) is 6.07 Å².